The van der Waals surface area contributed by atoms with Gasteiger partial charge in [0.15, 0.2) is 5.60 Å². The van der Waals surface area contributed by atoms with Gasteiger partial charge >= 0.3 is 0 Å². The highest BCUT2D eigenvalue weighted by molar-refractivity contribution is 5.42. The lowest BCUT2D eigenvalue weighted by atomic mass is 9.30. The molecule has 0 radical (unpaired) electrons. The van der Waals surface area contributed by atoms with E-state index in [4.69, 9.17) is 0 Å². The minimum Gasteiger partial charge on any atom is -0.377 e. The zero-order chi connectivity index (χ0) is 22.1. The minimum absolute atomic E-state index is 0.0149. The maximum absolute atomic E-state index is 16.0. The second kappa shape index (κ2) is 6.28. The van der Waals surface area contributed by atoms with Crippen molar-refractivity contribution in [1.82, 2.24) is 25.2 Å². The van der Waals surface area contributed by atoms with Crippen molar-refractivity contribution >= 4 is 0 Å². The van der Waals surface area contributed by atoms with Crippen molar-refractivity contribution in [2.75, 3.05) is 0 Å². The predicted molar refractivity (Wildman–Crippen MR) is 95.2 cm³/mol. The summed E-state index contributed by atoms with van der Waals surface area (Å²) in [5.41, 5.74) is -5.32. The van der Waals surface area contributed by atoms with E-state index < -0.39 is 52.0 Å². The highest BCUT2D eigenvalue weighted by atomic mass is 19.3. The van der Waals surface area contributed by atoms with Crippen LogP contribution in [0.1, 0.15) is 30.4 Å². The Bertz CT molecular complexity index is 1120. The van der Waals surface area contributed by atoms with Gasteiger partial charge in [0, 0.05) is 23.2 Å². The first-order valence-corrected chi connectivity index (χ1v) is 9.50. The van der Waals surface area contributed by atoms with Gasteiger partial charge in [0.1, 0.15) is 18.0 Å². The molecule has 6 rings (SSSR count). The fraction of sp³-hybridized carbons (Fsp3) is 0.400. The first-order chi connectivity index (χ1) is 14.6. The molecule has 1 aromatic carbocycles. The molecule has 3 saturated carbocycles. The Hall–Kier alpha value is -2.95. The third kappa shape index (κ3) is 2.65. The van der Waals surface area contributed by atoms with Crippen LogP contribution in [0.4, 0.5) is 22.0 Å². The van der Waals surface area contributed by atoms with Gasteiger partial charge in [0.25, 0.3) is 5.92 Å². The molecule has 2 bridgehead atoms. The van der Waals surface area contributed by atoms with Crippen LogP contribution in [0.25, 0.3) is 0 Å². The van der Waals surface area contributed by atoms with Crippen molar-refractivity contribution in [2.45, 2.75) is 42.7 Å². The molecular formula is C20H16F5N5O. The molecule has 31 heavy (non-hydrogen) atoms. The van der Waals surface area contributed by atoms with Crippen molar-refractivity contribution in [3.05, 3.63) is 71.6 Å². The molecule has 162 valence electrons. The number of nitrogens with zero attached hydrogens (tertiary/aromatic N) is 5. The van der Waals surface area contributed by atoms with E-state index in [0.717, 1.165) is 23.1 Å². The predicted octanol–water partition coefficient (Wildman–Crippen LogP) is 3.13. The Morgan fingerprint density at radius 3 is 2.39 bits per heavy atom. The van der Waals surface area contributed by atoms with E-state index >= 15 is 8.78 Å². The topological polar surface area (TPSA) is 76.7 Å². The fourth-order valence-corrected chi connectivity index (χ4v) is 5.22. The first kappa shape index (κ1) is 20.0. The molecule has 1 atom stereocenters. The summed E-state index contributed by atoms with van der Waals surface area (Å²) in [6.45, 7) is -0.831. The Morgan fingerprint density at radius 1 is 1.06 bits per heavy atom. The van der Waals surface area contributed by atoms with Crippen LogP contribution in [-0.2, 0) is 17.6 Å². The Labute approximate surface area is 172 Å². The van der Waals surface area contributed by atoms with Gasteiger partial charge < -0.3 is 5.11 Å². The smallest absolute Gasteiger partial charge is 0.287 e. The van der Waals surface area contributed by atoms with Gasteiger partial charge in [-0.25, -0.2) is 27.2 Å². The number of tetrazole rings is 1. The minimum atomic E-state index is -3.81. The molecule has 3 aliphatic rings. The number of rotatable bonds is 6. The highest BCUT2D eigenvalue weighted by Gasteiger charge is 2.82. The van der Waals surface area contributed by atoms with E-state index in [0.29, 0.717) is 11.6 Å². The number of aliphatic hydroxyl groups is 1. The molecule has 0 amide bonds. The molecule has 11 heteroatoms. The summed E-state index contributed by atoms with van der Waals surface area (Å²) >= 11 is 0. The second-order valence-electron chi connectivity index (χ2n) is 8.53. The van der Waals surface area contributed by atoms with Crippen LogP contribution in [0.15, 0.2) is 42.9 Å². The summed E-state index contributed by atoms with van der Waals surface area (Å²) < 4.78 is 73.9. The molecule has 0 unspecified atom stereocenters. The van der Waals surface area contributed by atoms with Crippen LogP contribution in [0.2, 0.25) is 0 Å². The van der Waals surface area contributed by atoms with Crippen LogP contribution in [0, 0.1) is 23.0 Å². The van der Waals surface area contributed by atoms with Crippen LogP contribution in [0.3, 0.4) is 0 Å². The first-order valence-electron chi connectivity index (χ1n) is 9.50. The van der Waals surface area contributed by atoms with Gasteiger partial charge in [0.05, 0.1) is 6.54 Å². The molecule has 2 aromatic heterocycles. The van der Waals surface area contributed by atoms with E-state index in [-0.39, 0.29) is 19.3 Å². The number of hydrogen-bond acceptors (Lipinski definition) is 5. The number of pyridine rings is 1. The molecule has 2 heterocycles. The molecular weight excluding hydrogens is 421 g/mol. The summed E-state index contributed by atoms with van der Waals surface area (Å²) in [4.78, 5) is 3.59. The monoisotopic (exact) mass is 437 g/mol. The molecule has 3 aromatic rings. The Morgan fingerprint density at radius 2 is 1.81 bits per heavy atom. The lowest BCUT2D eigenvalue weighted by molar-refractivity contribution is -0.347. The van der Waals surface area contributed by atoms with E-state index in [1.807, 2.05) is 0 Å². The fourth-order valence-electron chi connectivity index (χ4n) is 5.22. The van der Waals surface area contributed by atoms with Crippen LogP contribution in [-0.4, -0.2) is 36.2 Å². The summed E-state index contributed by atoms with van der Waals surface area (Å²) in [6, 6.07) is 4.75. The van der Waals surface area contributed by atoms with Crippen molar-refractivity contribution in [3.8, 4) is 0 Å². The van der Waals surface area contributed by atoms with Crippen molar-refractivity contribution in [1.29, 1.82) is 0 Å². The quantitative estimate of drug-likeness (QED) is 0.474. The summed E-state index contributed by atoms with van der Waals surface area (Å²) in [5, 5.41) is 21.5. The summed E-state index contributed by atoms with van der Waals surface area (Å²) in [7, 11) is 0. The molecule has 0 aliphatic heterocycles. The summed E-state index contributed by atoms with van der Waals surface area (Å²) in [6.07, 6.45) is 2.39. The normalized spacial score (nSPS) is 26.6. The molecule has 3 fully saturated rings. The number of aromatic nitrogens is 5. The number of halogens is 5. The molecule has 0 saturated heterocycles. The average molecular weight is 437 g/mol. The van der Waals surface area contributed by atoms with Gasteiger partial charge in [-0.3, -0.25) is 0 Å². The van der Waals surface area contributed by atoms with Crippen molar-refractivity contribution in [2.24, 2.45) is 5.41 Å². The number of hydrogen-bond donors (Lipinski definition) is 1. The molecule has 3 aliphatic carbocycles. The second-order valence-corrected chi connectivity index (χ2v) is 8.53. The van der Waals surface area contributed by atoms with E-state index in [2.05, 4.69) is 20.5 Å². The molecule has 6 nitrogen and oxygen atoms in total. The lowest BCUT2D eigenvalue weighted by Crippen LogP contribution is -2.76. The SMILES string of the molecule is O[C@](Cn1cnnn1)(c1ccc(F)cc1F)C(F)(F)C12CC(c3ccc(F)nc3)(C1)C2. The third-order valence-corrected chi connectivity index (χ3v) is 6.71. The van der Waals surface area contributed by atoms with Crippen molar-refractivity contribution < 1.29 is 27.1 Å². The highest BCUT2D eigenvalue weighted by Crippen LogP contribution is 2.80. The zero-order valence-corrected chi connectivity index (χ0v) is 15.9. The summed E-state index contributed by atoms with van der Waals surface area (Å²) in [5.74, 6) is -6.72. The molecule has 1 N–H and O–H groups in total. The maximum atomic E-state index is 16.0. The van der Waals surface area contributed by atoms with Crippen molar-refractivity contribution in [3.63, 3.8) is 0 Å². The van der Waals surface area contributed by atoms with E-state index in [1.54, 1.807) is 0 Å². The van der Waals surface area contributed by atoms with Crippen LogP contribution < -0.4 is 0 Å². The largest absolute Gasteiger partial charge is 0.377 e. The number of benzene rings is 1. The van der Waals surface area contributed by atoms with Crippen LogP contribution >= 0.6 is 0 Å². The van der Waals surface area contributed by atoms with Gasteiger partial charge in [-0.15, -0.1) is 5.10 Å². The maximum Gasteiger partial charge on any atom is 0.287 e. The van der Waals surface area contributed by atoms with Crippen LogP contribution in [0.5, 0.6) is 0 Å². The zero-order valence-electron chi connectivity index (χ0n) is 15.9. The lowest BCUT2D eigenvalue weighted by Gasteiger charge is -2.74. The van der Waals surface area contributed by atoms with E-state index in [9.17, 15) is 18.3 Å². The Balaban J connectivity index is 1.52. The van der Waals surface area contributed by atoms with Gasteiger partial charge in [-0.1, -0.05) is 6.07 Å². The standard InChI is InChI=1S/C20H16F5N5O/c21-13-2-3-14(15(22)5-13)19(31,10-30-11-27-28-29-30)20(24,25)18-7-17(8-18,9-18)12-1-4-16(23)26-6-12/h1-6,11,31H,7-10H2/t17?,18?,19-/m1/s1. The average Bonchev–Trinajstić information content (AvgIpc) is 3.13. The van der Waals surface area contributed by atoms with E-state index in [1.165, 1.54) is 18.3 Å². The Kier molecular flexibility index (Phi) is 4.05. The van der Waals surface area contributed by atoms with Gasteiger partial charge in [0.2, 0.25) is 5.95 Å². The van der Waals surface area contributed by atoms with Gasteiger partial charge in [-0.2, -0.15) is 4.39 Å². The molecule has 0 spiro atoms. The number of alkyl halides is 2. The van der Waals surface area contributed by atoms with Gasteiger partial charge in [-0.05, 0) is 58.9 Å². The third-order valence-electron chi connectivity index (χ3n) is 6.71.